The van der Waals surface area contributed by atoms with Crippen molar-refractivity contribution in [2.75, 3.05) is 7.05 Å². The summed E-state index contributed by atoms with van der Waals surface area (Å²) in [6.07, 6.45) is -3.73. The quantitative estimate of drug-likeness (QED) is 0.570. The molecule has 0 fully saturated rings. The zero-order chi connectivity index (χ0) is 21.0. The molecule has 2 aromatic carbocycles. The minimum Gasteiger partial charge on any atom is -0.439 e. The molecular weight excluding hydrogens is 381 g/mol. The number of pyridine rings is 1. The Morgan fingerprint density at radius 2 is 1.66 bits per heavy atom. The third kappa shape index (κ3) is 5.34. The van der Waals surface area contributed by atoms with Crippen molar-refractivity contribution >= 4 is 5.91 Å². The summed E-state index contributed by atoms with van der Waals surface area (Å²) < 4.78 is 43.2. The van der Waals surface area contributed by atoms with Crippen LogP contribution in [0.25, 0.3) is 0 Å². The van der Waals surface area contributed by atoms with Crippen LogP contribution in [-0.4, -0.2) is 22.8 Å². The summed E-state index contributed by atoms with van der Waals surface area (Å²) in [5.41, 5.74) is 1.82. The Morgan fingerprint density at radius 3 is 2.21 bits per heavy atom. The van der Waals surface area contributed by atoms with Gasteiger partial charge < -0.3 is 9.64 Å². The highest BCUT2D eigenvalue weighted by atomic mass is 19.4. The van der Waals surface area contributed by atoms with Crippen LogP contribution in [-0.2, 0) is 12.7 Å². The van der Waals surface area contributed by atoms with E-state index in [1.807, 2.05) is 31.2 Å². The molecule has 3 aromatic rings. The van der Waals surface area contributed by atoms with Crippen molar-refractivity contribution in [1.29, 1.82) is 0 Å². The lowest BCUT2D eigenvalue weighted by Gasteiger charge is -2.17. The van der Waals surface area contributed by atoms with Crippen LogP contribution in [0.1, 0.15) is 27.0 Å². The lowest BCUT2D eigenvalue weighted by molar-refractivity contribution is -0.137. The Balaban J connectivity index is 1.63. The van der Waals surface area contributed by atoms with Crippen molar-refractivity contribution in [3.63, 3.8) is 0 Å². The standard InChI is InChI=1S/C22H19F3N2O2/c1-15-3-5-16(6-4-15)14-27(2)21(28)17-7-10-19(11-8-17)29-20-12-9-18(13-26-20)22(23,24)25/h3-13H,14H2,1-2H3. The molecule has 0 saturated carbocycles. The third-order valence-corrected chi connectivity index (χ3v) is 4.27. The van der Waals surface area contributed by atoms with Gasteiger partial charge in [0, 0.05) is 31.4 Å². The molecule has 0 radical (unpaired) electrons. The van der Waals surface area contributed by atoms with E-state index in [0.29, 0.717) is 24.1 Å². The molecule has 150 valence electrons. The van der Waals surface area contributed by atoms with Crippen molar-refractivity contribution in [3.05, 3.63) is 89.1 Å². The van der Waals surface area contributed by atoms with E-state index in [1.54, 1.807) is 36.2 Å². The first kappa shape index (κ1) is 20.4. The topological polar surface area (TPSA) is 42.4 Å². The summed E-state index contributed by atoms with van der Waals surface area (Å²) in [5, 5.41) is 0. The molecule has 0 spiro atoms. The lowest BCUT2D eigenvalue weighted by atomic mass is 10.1. The third-order valence-electron chi connectivity index (χ3n) is 4.27. The zero-order valence-corrected chi connectivity index (χ0v) is 15.9. The van der Waals surface area contributed by atoms with E-state index in [-0.39, 0.29) is 11.8 Å². The molecular formula is C22H19F3N2O2. The van der Waals surface area contributed by atoms with Crippen LogP contribution < -0.4 is 4.74 Å². The number of aromatic nitrogens is 1. The first-order chi connectivity index (χ1) is 13.7. The Labute approximate surface area is 166 Å². The number of benzene rings is 2. The van der Waals surface area contributed by atoms with Gasteiger partial charge in [-0.3, -0.25) is 4.79 Å². The number of carbonyl (C=O) groups excluding carboxylic acids is 1. The Morgan fingerprint density at radius 1 is 1.00 bits per heavy atom. The Hall–Kier alpha value is -3.35. The summed E-state index contributed by atoms with van der Waals surface area (Å²) in [7, 11) is 1.72. The zero-order valence-electron chi connectivity index (χ0n) is 15.9. The van der Waals surface area contributed by atoms with Gasteiger partial charge in [-0.1, -0.05) is 29.8 Å². The molecule has 0 aliphatic carbocycles. The number of halogens is 3. The molecule has 29 heavy (non-hydrogen) atoms. The number of alkyl halides is 3. The normalized spacial score (nSPS) is 11.2. The summed E-state index contributed by atoms with van der Waals surface area (Å²) >= 11 is 0. The maximum atomic E-state index is 12.6. The van der Waals surface area contributed by atoms with Crippen molar-refractivity contribution in [2.45, 2.75) is 19.6 Å². The highest BCUT2D eigenvalue weighted by Gasteiger charge is 2.30. The molecule has 0 aliphatic heterocycles. The number of nitrogens with zero attached hydrogens (tertiary/aromatic N) is 2. The molecule has 0 aliphatic rings. The Kier molecular flexibility index (Phi) is 5.87. The monoisotopic (exact) mass is 400 g/mol. The van der Waals surface area contributed by atoms with Gasteiger partial charge in [0.15, 0.2) is 0 Å². The minimum absolute atomic E-state index is 0.0357. The second-order valence-electron chi connectivity index (χ2n) is 6.66. The van der Waals surface area contributed by atoms with Gasteiger partial charge in [-0.25, -0.2) is 4.98 Å². The molecule has 0 bridgehead atoms. The van der Waals surface area contributed by atoms with Crippen molar-refractivity contribution in [1.82, 2.24) is 9.88 Å². The molecule has 7 heteroatoms. The van der Waals surface area contributed by atoms with Gasteiger partial charge >= 0.3 is 6.18 Å². The summed E-state index contributed by atoms with van der Waals surface area (Å²) in [5.74, 6) is 0.258. The maximum absolute atomic E-state index is 12.6. The van der Waals surface area contributed by atoms with Gasteiger partial charge in [0.1, 0.15) is 5.75 Å². The SMILES string of the molecule is Cc1ccc(CN(C)C(=O)c2ccc(Oc3ccc(C(F)(F)F)cn3)cc2)cc1. The van der Waals surface area contributed by atoms with Gasteiger partial charge in [-0.15, -0.1) is 0 Å². The average Bonchev–Trinajstić information content (AvgIpc) is 2.69. The van der Waals surface area contributed by atoms with E-state index in [2.05, 4.69) is 4.98 Å². The largest absolute Gasteiger partial charge is 0.439 e. The fourth-order valence-corrected chi connectivity index (χ4v) is 2.65. The van der Waals surface area contributed by atoms with E-state index >= 15 is 0 Å². The predicted molar refractivity (Wildman–Crippen MR) is 103 cm³/mol. The number of aryl methyl sites for hydroxylation is 1. The van der Waals surface area contributed by atoms with E-state index < -0.39 is 11.7 Å². The molecule has 0 saturated heterocycles. The van der Waals surface area contributed by atoms with Crippen LogP contribution in [0.2, 0.25) is 0 Å². The number of carbonyl (C=O) groups is 1. The summed E-state index contributed by atoms with van der Waals surface area (Å²) in [6.45, 7) is 2.48. The van der Waals surface area contributed by atoms with Gasteiger partial charge in [0.05, 0.1) is 5.56 Å². The van der Waals surface area contributed by atoms with Crippen molar-refractivity contribution in [3.8, 4) is 11.6 Å². The van der Waals surface area contributed by atoms with Crippen LogP contribution in [0, 0.1) is 6.92 Å². The number of hydrogen-bond donors (Lipinski definition) is 0. The van der Waals surface area contributed by atoms with Crippen LogP contribution in [0.4, 0.5) is 13.2 Å². The van der Waals surface area contributed by atoms with Crippen molar-refractivity contribution < 1.29 is 22.7 Å². The fraction of sp³-hybridized carbons (Fsp3) is 0.182. The van der Waals surface area contributed by atoms with Crippen LogP contribution >= 0.6 is 0 Å². The molecule has 1 heterocycles. The van der Waals surface area contributed by atoms with Gasteiger partial charge in [0.2, 0.25) is 5.88 Å². The van der Waals surface area contributed by atoms with Gasteiger partial charge in [0.25, 0.3) is 5.91 Å². The van der Waals surface area contributed by atoms with E-state index in [4.69, 9.17) is 4.74 Å². The highest BCUT2D eigenvalue weighted by molar-refractivity contribution is 5.94. The van der Waals surface area contributed by atoms with E-state index in [1.165, 1.54) is 0 Å². The van der Waals surface area contributed by atoms with Gasteiger partial charge in [-0.05, 0) is 42.8 Å². The minimum atomic E-state index is -4.45. The second kappa shape index (κ2) is 8.34. The van der Waals surface area contributed by atoms with Crippen LogP contribution in [0.15, 0.2) is 66.9 Å². The van der Waals surface area contributed by atoms with Gasteiger partial charge in [-0.2, -0.15) is 13.2 Å². The highest BCUT2D eigenvalue weighted by Crippen LogP contribution is 2.30. The predicted octanol–water partition coefficient (Wildman–Crippen LogP) is 5.47. The summed E-state index contributed by atoms with van der Waals surface area (Å²) in [6, 6.07) is 16.4. The number of hydrogen-bond acceptors (Lipinski definition) is 3. The number of ether oxygens (including phenoxy) is 1. The van der Waals surface area contributed by atoms with Crippen LogP contribution in [0.5, 0.6) is 11.6 Å². The molecule has 0 unspecified atom stereocenters. The van der Waals surface area contributed by atoms with Crippen LogP contribution in [0.3, 0.4) is 0 Å². The lowest BCUT2D eigenvalue weighted by Crippen LogP contribution is -2.26. The molecule has 0 N–H and O–H groups in total. The average molecular weight is 400 g/mol. The number of rotatable bonds is 5. The number of amides is 1. The van der Waals surface area contributed by atoms with E-state index in [9.17, 15) is 18.0 Å². The van der Waals surface area contributed by atoms with Crippen molar-refractivity contribution in [2.24, 2.45) is 0 Å². The first-order valence-electron chi connectivity index (χ1n) is 8.84. The molecule has 1 amide bonds. The molecule has 4 nitrogen and oxygen atoms in total. The first-order valence-corrected chi connectivity index (χ1v) is 8.84. The summed E-state index contributed by atoms with van der Waals surface area (Å²) in [4.78, 5) is 17.9. The fourth-order valence-electron chi connectivity index (χ4n) is 2.65. The molecule has 3 rings (SSSR count). The smallest absolute Gasteiger partial charge is 0.417 e. The molecule has 1 aromatic heterocycles. The second-order valence-corrected chi connectivity index (χ2v) is 6.66. The maximum Gasteiger partial charge on any atom is 0.417 e. The van der Waals surface area contributed by atoms with E-state index in [0.717, 1.165) is 23.3 Å². The Bertz CT molecular complexity index is 967. The molecule has 0 atom stereocenters.